The number of benzene rings is 2. The second-order valence-electron chi connectivity index (χ2n) is 10.0. The monoisotopic (exact) mass is 599 g/mol. The number of pyridine rings is 1. The molecule has 1 saturated carbocycles. The third-order valence-electron chi connectivity index (χ3n) is 7.17. The first-order chi connectivity index (χ1) is 20.0. The maximum atomic E-state index is 15.4. The van der Waals surface area contributed by atoms with Gasteiger partial charge in [-0.15, -0.1) is 0 Å². The zero-order valence-electron chi connectivity index (χ0n) is 21.7. The van der Waals surface area contributed by atoms with E-state index in [0.29, 0.717) is 4.90 Å². The van der Waals surface area contributed by atoms with Crippen molar-refractivity contribution in [2.45, 2.75) is 49.7 Å². The molecule has 42 heavy (non-hydrogen) atoms. The number of alkyl halides is 2. The molecule has 2 atom stereocenters. The molecule has 2 aromatic carbocycles. The van der Waals surface area contributed by atoms with Crippen LogP contribution < -0.4 is 15.1 Å². The first-order valence-electron chi connectivity index (χ1n) is 12.9. The number of hydrogen-bond donors (Lipinski definition) is 1. The molecule has 13 heteroatoms. The molecule has 3 amide bonds. The van der Waals surface area contributed by atoms with Gasteiger partial charge >= 0.3 is 0 Å². The summed E-state index contributed by atoms with van der Waals surface area (Å²) >= 11 is 6.43. The van der Waals surface area contributed by atoms with Crippen LogP contribution in [0.1, 0.15) is 42.9 Å². The van der Waals surface area contributed by atoms with Gasteiger partial charge < -0.3 is 5.32 Å². The zero-order chi connectivity index (χ0) is 30.2. The van der Waals surface area contributed by atoms with Crippen LogP contribution >= 0.6 is 11.6 Å². The molecule has 0 radical (unpaired) electrons. The van der Waals surface area contributed by atoms with Gasteiger partial charge in [-0.25, -0.2) is 22.5 Å². The lowest BCUT2D eigenvalue weighted by atomic mass is 9.87. The maximum absolute atomic E-state index is 15.4. The summed E-state index contributed by atoms with van der Waals surface area (Å²) in [5.74, 6) is -7.45. The smallest absolute Gasteiger partial charge is 0.252 e. The Hall–Kier alpha value is -4.50. The highest BCUT2D eigenvalue weighted by atomic mass is 35.5. The summed E-state index contributed by atoms with van der Waals surface area (Å²) in [6.07, 6.45) is -0.187. The minimum Gasteiger partial charge on any atom is -0.351 e. The number of hydrogen-bond acceptors (Lipinski definition) is 5. The van der Waals surface area contributed by atoms with Crippen LogP contribution in [0.2, 0.25) is 5.02 Å². The van der Waals surface area contributed by atoms with Gasteiger partial charge in [0.15, 0.2) is 0 Å². The van der Waals surface area contributed by atoms with Crippen molar-refractivity contribution in [1.82, 2.24) is 10.3 Å². The van der Waals surface area contributed by atoms with Crippen molar-refractivity contribution in [3.8, 4) is 6.07 Å². The molecule has 3 aromatic rings. The molecule has 0 spiro atoms. The normalized spacial score (nSPS) is 18.6. The van der Waals surface area contributed by atoms with E-state index in [1.54, 1.807) is 6.07 Å². The van der Waals surface area contributed by atoms with Gasteiger partial charge in [-0.1, -0.05) is 29.8 Å². The number of rotatable bonds is 7. The minimum atomic E-state index is -2.97. The van der Waals surface area contributed by atoms with E-state index in [0.717, 1.165) is 23.1 Å². The molecule has 1 N–H and O–H groups in total. The molecule has 2 aliphatic rings. The predicted octanol–water partition coefficient (Wildman–Crippen LogP) is 5.07. The van der Waals surface area contributed by atoms with Crippen molar-refractivity contribution >= 4 is 40.8 Å². The van der Waals surface area contributed by atoms with Crippen molar-refractivity contribution in [3.63, 3.8) is 0 Å². The molecular weight excluding hydrogens is 578 g/mol. The first-order valence-corrected chi connectivity index (χ1v) is 13.3. The van der Waals surface area contributed by atoms with Gasteiger partial charge in [-0.2, -0.15) is 5.26 Å². The van der Waals surface area contributed by atoms with Crippen LogP contribution in [0.3, 0.4) is 0 Å². The summed E-state index contributed by atoms with van der Waals surface area (Å²) in [5.41, 5.74) is -0.457. The molecule has 1 aliphatic carbocycles. The fourth-order valence-corrected chi connectivity index (χ4v) is 5.42. The predicted molar refractivity (Wildman–Crippen MR) is 144 cm³/mol. The van der Waals surface area contributed by atoms with E-state index in [1.807, 2.05) is 6.07 Å². The fraction of sp³-hybridized carbons (Fsp3) is 0.276. The first kappa shape index (κ1) is 29.0. The largest absolute Gasteiger partial charge is 0.351 e. The molecular formula is C29H22ClF4N5O3. The lowest BCUT2D eigenvalue weighted by Gasteiger charge is -2.39. The van der Waals surface area contributed by atoms with Gasteiger partial charge in [-0.3, -0.25) is 24.2 Å². The fourth-order valence-electron chi connectivity index (χ4n) is 5.18. The van der Waals surface area contributed by atoms with E-state index in [-0.39, 0.29) is 34.8 Å². The number of nitrogens with one attached hydrogen (secondary N) is 1. The number of amides is 3. The summed E-state index contributed by atoms with van der Waals surface area (Å²) in [6, 6.07) is 8.79. The topological polar surface area (TPSA) is 106 Å². The number of carbonyl (C=O) groups is 3. The van der Waals surface area contributed by atoms with Crippen LogP contribution in [-0.4, -0.2) is 40.7 Å². The highest BCUT2D eigenvalue weighted by Gasteiger charge is 2.49. The maximum Gasteiger partial charge on any atom is 0.252 e. The Bertz CT molecular complexity index is 1610. The lowest BCUT2D eigenvalue weighted by Crippen LogP contribution is -2.56. The number of nitriles is 1. The number of anilines is 2. The number of halogens is 5. The lowest BCUT2D eigenvalue weighted by molar-refractivity contribution is -0.133. The Morgan fingerprint density at radius 2 is 1.88 bits per heavy atom. The molecule has 8 nitrogen and oxygen atoms in total. The third kappa shape index (κ3) is 5.65. The van der Waals surface area contributed by atoms with Crippen molar-refractivity contribution in [3.05, 3.63) is 88.6 Å². The van der Waals surface area contributed by atoms with Crippen molar-refractivity contribution < 1.29 is 31.9 Å². The Kier molecular flexibility index (Phi) is 7.88. The Morgan fingerprint density at radius 1 is 1.14 bits per heavy atom. The standard InChI is InChI=1S/C29H22ClF4N5O3/c30-20-4-2-1-3-19(20)26(27(41)37-18-13-29(33,34)14-18)39(23-12-17(31)5-6-21(23)32)28(42)22-7-8-25(40)38(22)24-11-16(15-35)9-10-36-24/h1-6,9-12,18,22,26H,7-8,13-14H2,(H,37,41)/t22-,26-/m0/s1. The average Bonchev–Trinajstić information content (AvgIpc) is 3.33. The summed E-state index contributed by atoms with van der Waals surface area (Å²) in [5, 5.41) is 11.8. The van der Waals surface area contributed by atoms with E-state index < -0.39 is 71.9 Å². The van der Waals surface area contributed by atoms with Crippen LogP contribution in [0.5, 0.6) is 0 Å². The summed E-state index contributed by atoms with van der Waals surface area (Å²) < 4.78 is 57.1. The summed E-state index contributed by atoms with van der Waals surface area (Å²) in [4.78, 5) is 47.0. The van der Waals surface area contributed by atoms with Crippen molar-refractivity contribution in [2.24, 2.45) is 0 Å². The summed E-state index contributed by atoms with van der Waals surface area (Å²) in [6.45, 7) is 0. The Morgan fingerprint density at radius 3 is 2.57 bits per heavy atom. The van der Waals surface area contributed by atoms with E-state index >= 15 is 4.39 Å². The van der Waals surface area contributed by atoms with Gasteiger partial charge in [0, 0.05) is 48.2 Å². The van der Waals surface area contributed by atoms with Crippen LogP contribution in [0.25, 0.3) is 0 Å². The number of nitrogens with zero attached hydrogens (tertiary/aromatic N) is 4. The highest BCUT2D eigenvalue weighted by Crippen LogP contribution is 2.40. The second-order valence-corrected chi connectivity index (χ2v) is 10.4. The van der Waals surface area contributed by atoms with E-state index in [4.69, 9.17) is 11.6 Å². The molecule has 1 aliphatic heterocycles. The zero-order valence-corrected chi connectivity index (χ0v) is 22.5. The molecule has 1 aromatic heterocycles. The molecule has 0 bridgehead atoms. The molecule has 1 saturated heterocycles. The quantitative estimate of drug-likeness (QED) is 0.382. The van der Waals surface area contributed by atoms with Gasteiger partial charge in [0.05, 0.1) is 17.3 Å². The van der Waals surface area contributed by atoms with Gasteiger partial charge in [0.25, 0.3) is 11.8 Å². The molecule has 2 fully saturated rings. The van der Waals surface area contributed by atoms with Gasteiger partial charge in [-0.05, 0) is 36.8 Å². The molecule has 216 valence electrons. The van der Waals surface area contributed by atoms with Crippen LogP contribution in [-0.2, 0) is 14.4 Å². The average molecular weight is 600 g/mol. The Labute approximate surface area is 242 Å². The third-order valence-corrected chi connectivity index (χ3v) is 7.51. The van der Waals surface area contributed by atoms with Crippen molar-refractivity contribution in [2.75, 3.05) is 9.80 Å². The van der Waals surface area contributed by atoms with Crippen LogP contribution in [0, 0.1) is 23.0 Å². The minimum absolute atomic E-state index is 0.00561. The Balaban J connectivity index is 1.64. The van der Waals surface area contributed by atoms with Gasteiger partial charge in [0.1, 0.15) is 29.5 Å². The molecule has 0 unspecified atom stereocenters. The number of aromatic nitrogens is 1. The van der Waals surface area contributed by atoms with Crippen LogP contribution in [0.15, 0.2) is 60.8 Å². The summed E-state index contributed by atoms with van der Waals surface area (Å²) in [7, 11) is 0. The second kappa shape index (κ2) is 11.4. The van der Waals surface area contributed by atoms with E-state index in [2.05, 4.69) is 10.3 Å². The van der Waals surface area contributed by atoms with Crippen molar-refractivity contribution in [1.29, 1.82) is 5.26 Å². The number of carbonyl (C=O) groups excluding carboxylic acids is 3. The molecule has 2 heterocycles. The van der Waals surface area contributed by atoms with Crippen LogP contribution in [0.4, 0.5) is 29.1 Å². The SMILES string of the molecule is N#Cc1ccnc(N2C(=O)CC[C@H]2C(=O)N(c2cc(F)ccc2F)[C@H](C(=O)NC2CC(F)(F)C2)c2ccccc2Cl)c1. The molecule has 5 rings (SSSR count). The van der Waals surface area contributed by atoms with E-state index in [9.17, 15) is 32.8 Å². The van der Waals surface area contributed by atoms with Gasteiger partial charge in [0.2, 0.25) is 11.8 Å². The highest BCUT2D eigenvalue weighted by molar-refractivity contribution is 6.31. The van der Waals surface area contributed by atoms with E-state index in [1.165, 1.54) is 36.5 Å².